The van der Waals surface area contributed by atoms with E-state index in [0.29, 0.717) is 18.0 Å². The van der Waals surface area contributed by atoms with Crippen LogP contribution in [0.1, 0.15) is 50.0 Å². The Labute approximate surface area is 109 Å². The van der Waals surface area contributed by atoms with Crippen molar-refractivity contribution < 1.29 is 5.11 Å². The van der Waals surface area contributed by atoms with Gasteiger partial charge in [-0.1, -0.05) is 43.2 Å². The van der Waals surface area contributed by atoms with Gasteiger partial charge in [-0.15, -0.1) is 0 Å². The molecule has 0 radical (unpaired) electrons. The summed E-state index contributed by atoms with van der Waals surface area (Å²) < 4.78 is 0. The number of hydrogen-bond donors (Lipinski definition) is 2. The van der Waals surface area contributed by atoms with Crippen molar-refractivity contribution in [1.82, 2.24) is 5.32 Å². The highest BCUT2D eigenvalue weighted by molar-refractivity contribution is 5.22. The van der Waals surface area contributed by atoms with Crippen LogP contribution in [0.5, 0.6) is 0 Å². The Kier molecular flexibility index (Phi) is 3.67. The maximum absolute atomic E-state index is 9.39. The van der Waals surface area contributed by atoms with Crippen LogP contribution in [-0.4, -0.2) is 23.3 Å². The minimum Gasteiger partial charge on any atom is -0.393 e. The van der Waals surface area contributed by atoms with Crippen molar-refractivity contribution in [1.29, 1.82) is 0 Å². The van der Waals surface area contributed by atoms with Crippen molar-refractivity contribution in [3.8, 4) is 0 Å². The molecule has 98 valence electrons. The largest absolute Gasteiger partial charge is 0.393 e. The molecule has 0 heterocycles. The van der Waals surface area contributed by atoms with Gasteiger partial charge >= 0.3 is 0 Å². The van der Waals surface area contributed by atoms with Gasteiger partial charge in [-0.3, -0.25) is 0 Å². The van der Waals surface area contributed by atoms with E-state index in [1.54, 1.807) is 0 Å². The molecule has 1 aromatic rings. The highest BCUT2D eigenvalue weighted by atomic mass is 16.3. The summed E-state index contributed by atoms with van der Waals surface area (Å²) in [7, 11) is 0. The fourth-order valence-electron chi connectivity index (χ4n) is 3.46. The van der Waals surface area contributed by atoms with Crippen LogP contribution in [-0.2, 0) is 0 Å². The standard InChI is InChI=1S/C16H23NO/c18-14-10-13(11-14)17-16-9-5-4-8-15(16)12-6-2-1-3-7-12/h1-3,6-7,13-18H,4-5,8-11H2. The lowest BCUT2D eigenvalue weighted by Gasteiger charge is -2.40. The molecule has 18 heavy (non-hydrogen) atoms. The van der Waals surface area contributed by atoms with Gasteiger partial charge in [0, 0.05) is 12.1 Å². The van der Waals surface area contributed by atoms with E-state index in [1.165, 1.54) is 31.2 Å². The first-order valence-electron chi connectivity index (χ1n) is 7.32. The Bertz CT molecular complexity index is 372. The molecule has 2 heteroatoms. The van der Waals surface area contributed by atoms with Crippen molar-refractivity contribution in [3.63, 3.8) is 0 Å². The second-order valence-corrected chi connectivity index (χ2v) is 5.90. The average Bonchev–Trinajstić information content (AvgIpc) is 2.39. The molecule has 1 aromatic carbocycles. The Hall–Kier alpha value is -0.860. The normalized spacial score (nSPS) is 36.1. The van der Waals surface area contributed by atoms with Crippen molar-refractivity contribution >= 4 is 0 Å². The monoisotopic (exact) mass is 245 g/mol. The molecule has 0 bridgehead atoms. The Morgan fingerprint density at radius 2 is 1.72 bits per heavy atom. The van der Waals surface area contributed by atoms with E-state index in [9.17, 15) is 5.11 Å². The van der Waals surface area contributed by atoms with E-state index in [4.69, 9.17) is 0 Å². The van der Waals surface area contributed by atoms with E-state index in [-0.39, 0.29) is 6.10 Å². The molecule has 0 aromatic heterocycles. The van der Waals surface area contributed by atoms with Crippen LogP contribution in [0, 0.1) is 0 Å². The van der Waals surface area contributed by atoms with E-state index in [0.717, 1.165) is 12.8 Å². The summed E-state index contributed by atoms with van der Waals surface area (Å²) in [6.07, 6.45) is 7.11. The summed E-state index contributed by atoms with van der Waals surface area (Å²) in [5.41, 5.74) is 1.48. The average molecular weight is 245 g/mol. The zero-order valence-corrected chi connectivity index (χ0v) is 10.9. The Balaban J connectivity index is 1.66. The van der Waals surface area contributed by atoms with Gasteiger partial charge in [0.15, 0.2) is 0 Å². The van der Waals surface area contributed by atoms with E-state index in [1.807, 2.05) is 0 Å². The van der Waals surface area contributed by atoms with Gasteiger partial charge in [0.1, 0.15) is 0 Å². The molecule has 0 spiro atoms. The molecular formula is C16H23NO. The molecule has 2 atom stereocenters. The highest BCUT2D eigenvalue weighted by Gasteiger charge is 2.33. The molecule has 2 aliphatic rings. The van der Waals surface area contributed by atoms with Crippen molar-refractivity contribution in [3.05, 3.63) is 35.9 Å². The fraction of sp³-hybridized carbons (Fsp3) is 0.625. The van der Waals surface area contributed by atoms with Gasteiger partial charge in [-0.05, 0) is 37.2 Å². The zero-order valence-electron chi connectivity index (χ0n) is 10.9. The first-order valence-corrected chi connectivity index (χ1v) is 7.32. The van der Waals surface area contributed by atoms with Gasteiger partial charge in [-0.25, -0.2) is 0 Å². The van der Waals surface area contributed by atoms with Gasteiger partial charge in [0.2, 0.25) is 0 Å². The smallest absolute Gasteiger partial charge is 0.0570 e. The van der Waals surface area contributed by atoms with Gasteiger partial charge in [0.25, 0.3) is 0 Å². The number of nitrogens with one attached hydrogen (secondary N) is 1. The van der Waals surface area contributed by atoms with E-state index < -0.39 is 0 Å². The predicted molar refractivity (Wildman–Crippen MR) is 73.6 cm³/mol. The highest BCUT2D eigenvalue weighted by Crippen LogP contribution is 2.34. The number of rotatable bonds is 3. The summed E-state index contributed by atoms with van der Waals surface area (Å²) in [6, 6.07) is 12.1. The van der Waals surface area contributed by atoms with Crippen LogP contribution in [0.2, 0.25) is 0 Å². The maximum Gasteiger partial charge on any atom is 0.0570 e. The SMILES string of the molecule is OC1CC(NC2CCCCC2c2ccccc2)C1. The van der Waals surface area contributed by atoms with Gasteiger partial charge in [0.05, 0.1) is 6.10 Å². The lowest BCUT2D eigenvalue weighted by molar-refractivity contribution is 0.0536. The second kappa shape index (κ2) is 5.41. The number of hydrogen-bond acceptors (Lipinski definition) is 2. The Morgan fingerprint density at radius 3 is 2.44 bits per heavy atom. The third-order valence-corrected chi connectivity index (χ3v) is 4.56. The summed E-state index contributed by atoms with van der Waals surface area (Å²) in [4.78, 5) is 0. The molecular weight excluding hydrogens is 222 g/mol. The maximum atomic E-state index is 9.39. The molecule has 0 saturated heterocycles. The molecule has 2 aliphatic carbocycles. The van der Waals surface area contributed by atoms with Crippen LogP contribution < -0.4 is 5.32 Å². The predicted octanol–water partition coefficient (Wildman–Crippen LogP) is 2.83. The van der Waals surface area contributed by atoms with Crippen molar-refractivity contribution in [2.75, 3.05) is 0 Å². The van der Waals surface area contributed by atoms with Crippen molar-refractivity contribution in [2.24, 2.45) is 0 Å². The molecule has 3 rings (SSSR count). The number of aliphatic hydroxyl groups excluding tert-OH is 1. The summed E-state index contributed by atoms with van der Waals surface area (Å²) in [5.74, 6) is 0.665. The van der Waals surface area contributed by atoms with Crippen LogP contribution in [0.4, 0.5) is 0 Å². The lowest BCUT2D eigenvalue weighted by Crippen LogP contribution is -2.51. The summed E-state index contributed by atoms with van der Waals surface area (Å²) in [5, 5.41) is 13.2. The first kappa shape index (κ1) is 12.2. The van der Waals surface area contributed by atoms with E-state index >= 15 is 0 Å². The molecule has 2 nitrogen and oxygen atoms in total. The minimum atomic E-state index is -0.0544. The van der Waals surface area contributed by atoms with Crippen LogP contribution >= 0.6 is 0 Å². The van der Waals surface area contributed by atoms with Crippen LogP contribution in [0.15, 0.2) is 30.3 Å². The number of benzene rings is 1. The first-order chi connectivity index (χ1) is 8.83. The molecule has 2 unspecified atom stereocenters. The van der Waals surface area contributed by atoms with Crippen LogP contribution in [0.25, 0.3) is 0 Å². The topological polar surface area (TPSA) is 32.3 Å². The zero-order chi connectivity index (χ0) is 12.4. The molecule has 2 saturated carbocycles. The molecule has 2 fully saturated rings. The molecule has 2 N–H and O–H groups in total. The summed E-state index contributed by atoms with van der Waals surface area (Å²) >= 11 is 0. The molecule has 0 aliphatic heterocycles. The lowest BCUT2D eigenvalue weighted by atomic mass is 9.78. The minimum absolute atomic E-state index is 0.0544. The summed E-state index contributed by atoms with van der Waals surface area (Å²) in [6.45, 7) is 0. The second-order valence-electron chi connectivity index (χ2n) is 5.90. The Morgan fingerprint density at radius 1 is 1.00 bits per heavy atom. The third kappa shape index (κ3) is 2.60. The van der Waals surface area contributed by atoms with Crippen LogP contribution in [0.3, 0.4) is 0 Å². The van der Waals surface area contributed by atoms with Crippen molar-refractivity contribution in [2.45, 2.75) is 62.6 Å². The third-order valence-electron chi connectivity index (χ3n) is 4.56. The quantitative estimate of drug-likeness (QED) is 0.858. The number of aliphatic hydroxyl groups is 1. The molecule has 0 amide bonds. The van der Waals surface area contributed by atoms with E-state index in [2.05, 4.69) is 35.6 Å². The van der Waals surface area contributed by atoms with Gasteiger partial charge in [-0.2, -0.15) is 0 Å². The fourth-order valence-corrected chi connectivity index (χ4v) is 3.46. The van der Waals surface area contributed by atoms with Gasteiger partial charge < -0.3 is 10.4 Å².